The molecule has 0 radical (unpaired) electrons. The van der Waals surface area contributed by atoms with Crippen LogP contribution in [0.15, 0.2) is 53.4 Å². The van der Waals surface area contributed by atoms with Gasteiger partial charge in [-0.2, -0.15) is 0 Å². The summed E-state index contributed by atoms with van der Waals surface area (Å²) in [5, 5.41) is 0.526. The average Bonchev–Trinajstić information content (AvgIpc) is 2.49. The van der Waals surface area contributed by atoms with Crippen LogP contribution in [0.1, 0.15) is 12.5 Å². The maximum absolute atomic E-state index is 11.5. The maximum Gasteiger partial charge on any atom is 0.310 e. The van der Waals surface area contributed by atoms with Crippen molar-refractivity contribution >= 4 is 29.3 Å². The average molecular weight is 321 g/mol. The molecule has 0 aliphatic heterocycles. The fourth-order valence-corrected chi connectivity index (χ4v) is 3.06. The van der Waals surface area contributed by atoms with Gasteiger partial charge >= 0.3 is 5.97 Å². The van der Waals surface area contributed by atoms with E-state index in [2.05, 4.69) is 12.1 Å². The predicted molar refractivity (Wildman–Crippen MR) is 88.8 cm³/mol. The van der Waals surface area contributed by atoms with Crippen molar-refractivity contribution in [2.45, 2.75) is 18.2 Å². The third kappa shape index (κ3) is 4.51. The number of benzene rings is 2. The molecular weight excluding hydrogens is 304 g/mol. The zero-order valence-electron chi connectivity index (χ0n) is 11.8. The Morgan fingerprint density at radius 2 is 1.86 bits per heavy atom. The van der Waals surface area contributed by atoms with Crippen LogP contribution in [0.2, 0.25) is 0 Å². The van der Waals surface area contributed by atoms with E-state index in [9.17, 15) is 4.79 Å². The second-order valence-electron chi connectivity index (χ2n) is 4.43. The van der Waals surface area contributed by atoms with Gasteiger partial charge in [-0.05, 0) is 29.7 Å². The lowest BCUT2D eigenvalue weighted by Gasteiger charge is -2.09. The van der Waals surface area contributed by atoms with E-state index in [0.717, 1.165) is 21.6 Å². The number of halogens is 1. The van der Waals surface area contributed by atoms with Crippen LogP contribution in [0.5, 0.6) is 0 Å². The van der Waals surface area contributed by atoms with Gasteiger partial charge in [-0.1, -0.05) is 42.5 Å². The zero-order valence-corrected chi connectivity index (χ0v) is 13.4. The number of ether oxygens (including phenoxy) is 1. The third-order valence-electron chi connectivity index (χ3n) is 3.02. The number of hydrogen-bond acceptors (Lipinski definition) is 3. The minimum Gasteiger partial charge on any atom is -0.466 e. The molecule has 0 spiro atoms. The summed E-state index contributed by atoms with van der Waals surface area (Å²) >= 11 is 7.43. The minimum atomic E-state index is -0.191. The van der Waals surface area contributed by atoms with E-state index < -0.39 is 0 Å². The molecule has 0 saturated heterocycles. The molecule has 0 bridgehead atoms. The van der Waals surface area contributed by atoms with Crippen LogP contribution >= 0.6 is 23.4 Å². The molecule has 4 heteroatoms. The second-order valence-corrected chi connectivity index (χ2v) is 6.03. The molecule has 0 amide bonds. The molecule has 21 heavy (non-hydrogen) atoms. The van der Waals surface area contributed by atoms with Crippen molar-refractivity contribution in [1.82, 2.24) is 0 Å². The van der Waals surface area contributed by atoms with Gasteiger partial charge in [0.05, 0.1) is 18.2 Å². The number of thioether (sulfide) groups is 1. The Kier molecular flexibility index (Phi) is 6.15. The number of hydrogen-bond donors (Lipinski definition) is 0. The number of carbonyl (C=O) groups is 1. The van der Waals surface area contributed by atoms with Gasteiger partial charge in [0.2, 0.25) is 0 Å². The van der Waals surface area contributed by atoms with Crippen LogP contribution in [-0.4, -0.2) is 17.8 Å². The smallest absolute Gasteiger partial charge is 0.310 e. The number of carbonyl (C=O) groups excluding carboxylic acids is 1. The van der Waals surface area contributed by atoms with E-state index in [4.69, 9.17) is 16.3 Å². The van der Waals surface area contributed by atoms with Crippen molar-refractivity contribution in [2.75, 3.05) is 11.8 Å². The summed E-state index contributed by atoms with van der Waals surface area (Å²) in [7, 11) is 0. The van der Waals surface area contributed by atoms with E-state index in [-0.39, 0.29) is 5.97 Å². The lowest BCUT2D eigenvalue weighted by Crippen LogP contribution is -2.07. The van der Waals surface area contributed by atoms with Crippen molar-refractivity contribution in [3.8, 4) is 11.1 Å². The first-order valence-corrected chi connectivity index (χ1v) is 8.29. The predicted octanol–water partition coefficient (Wildman–Crippen LogP) is 4.75. The highest BCUT2D eigenvalue weighted by Crippen LogP contribution is 2.31. The number of alkyl halides is 1. The van der Waals surface area contributed by atoms with E-state index in [1.54, 1.807) is 11.8 Å². The molecule has 2 aromatic carbocycles. The summed E-state index contributed by atoms with van der Waals surface area (Å²) in [5.41, 5.74) is 3.24. The van der Waals surface area contributed by atoms with Crippen LogP contribution in [0.3, 0.4) is 0 Å². The first-order valence-electron chi connectivity index (χ1n) is 6.77. The Balaban J connectivity index is 2.17. The quantitative estimate of drug-likeness (QED) is 0.436. The summed E-state index contributed by atoms with van der Waals surface area (Å²) < 4.78 is 4.95. The monoisotopic (exact) mass is 320 g/mol. The Morgan fingerprint density at radius 1 is 1.14 bits per heavy atom. The van der Waals surface area contributed by atoms with Gasteiger partial charge < -0.3 is 4.74 Å². The second kappa shape index (κ2) is 8.11. The van der Waals surface area contributed by atoms with Crippen molar-refractivity contribution < 1.29 is 9.53 Å². The van der Waals surface area contributed by atoms with Gasteiger partial charge in [-0.25, -0.2) is 0 Å². The molecule has 0 fully saturated rings. The van der Waals surface area contributed by atoms with Crippen LogP contribution < -0.4 is 0 Å². The molecule has 2 nitrogen and oxygen atoms in total. The molecule has 0 unspecified atom stereocenters. The molecule has 2 aromatic rings. The molecule has 110 valence electrons. The number of rotatable bonds is 6. The fourth-order valence-electron chi connectivity index (χ4n) is 2.07. The van der Waals surface area contributed by atoms with Crippen molar-refractivity contribution in [3.63, 3.8) is 0 Å². The molecule has 0 atom stereocenters. The molecule has 0 saturated carbocycles. The summed E-state index contributed by atoms with van der Waals surface area (Å²) in [5.74, 6) is -0.191. The first-order chi connectivity index (χ1) is 10.2. The molecule has 0 aliphatic rings. The summed E-state index contributed by atoms with van der Waals surface area (Å²) in [4.78, 5) is 12.6. The molecule has 0 aromatic heterocycles. The minimum absolute atomic E-state index is 0.191. The Hall–Kier alpha value is -1.45. The summed E-state index contributed by atoms with van der Waals surface area (Å²) in [6.07, 6.45) is 0.312. The maximum atomic E-state index is 11.5. The standard InChI is InChI=1S/C17H17ClO2S/c1-2-20-17(19)11-13-7-9-14(10-8-13)15-5-3-4-6-16(15)21-12-18/h3-10H,2,11-12H2,1H3. The first kappa shape index (κ1) is 15.9. The van der Waals surface area contributed by atoms with E-state index in [0.29, 0.717) is 18.2 Å². The van der Waals surface area contributed by atoms with Gasteiger partial charge in [0.1, 0.15) is 0 Å². The number of esters is 1. The fraction of sp³-hybridized carbons (Fsp3) is 0.235. The third-order valence-corrected chi connectivity index (χ3v) is 4.12. The Morgan fingerprint density at radius 3 is 2.52 bits per heavy atom. The molecular formula is C17H17ClO2S. The topological polar surface area (TPSA) is 26.3 Å². The largest absolute Gasteiger partial charge is 0.466 e. The van der Waals surface area contributed by atoms with Crippen LogP contribution in [0.25, 0.3) is 11.1 Å². The molecule has 0 N–H and O–H groups in total. The summed E-state index contributed by atoms with van der Waals surface area (Å²) in [6.45, 7) is 2.23. The van der Waals surface area contributed by atoms with Crippen LogP contribution in [0.4, 0.5) is 0 Å². The Labute approximate surface area is 134 Å². The SMILES string of the molecule is CCOC(=O)Cc1ccc(-c2ccccc2SCCl)cc1. The zero-order chi connectivity index (χ0) is 15.1. The van der Waals surface area contributed by atoms with Gasteiger partial charge in [-0.15, -0.1) is 23.4 Å². The van der Waals surface area contributed by atoms with Crippen LogP contribution in [-0.2, 0) is 16.0 Å². The Bertz CT molecular complexity index is 596. The highest BCUT2D eigenvalue weighted by molar-refractivity contribution is 8.00. The van der Waals surface area contributed by atoms with Gasteiger partial charge in [0, 0.05) is 4.90 Å². The normalized spacial score (nSPS) is 10.4. The lowest BCUT2D eigenvalue weighted by atomic mass is 10.0. The van der Waals surface area contributed by atoms with Crippen molar-refractivity contribution in [2.24, 2.45) is 0 Å². The van der Waals surface area contributed by atoms with E-state index >= 15 is 0 Å². The van der Waals surface area contributed by atoms with Crippen molar-refractivity contribution in [3.05, 3.63) is 54.1 Å². The van der Waals surface area contributed by atoms with Gasteiger partial charge in [-0.3, -0.25) is 4.79 Å². The van der Waals surface area contributed by atoms with Crippen molar-refractivity contribution in [1.29, 1.82) is 0 Å². The van der Waals surface area contributed by atoms with Gasteiger partial charge in [0.25, 0.3) is 0 Å². The molecule has 2 rings (SSSR count). The van der Waals surface area contributed by atoms with Gasteiger partial charge in [0.15, 0.2) is 0 Å². The van der Waals surface area contributed by atoms with E-state index in [1.807, 2.05) is 43.3 Å². The van der Waals surface area contributed by atoms with Crippen LogP contribution in [0, 0.1) is 0 Å². The highest BCUT2D eigenvalue weighted by Gasteiger charge is 2.07. The molecule has 0 aliphatic carbocycles. The molecule has 0 heterocycles. The summed E-state index contributed by atoms with van der Waals surface area (Å²) in [6, 6.07) is 16.2. The van der Waals surface area contributed by atoms with E-state index in [1.165, 1.54) is 0 Å². The highest BCUT2D eigenvalue weighted by atomic mass is 35.5. The lowest BCUT2D eigenvalue weighted by molar-refractivity contribution is -0.142.